The third kappa shape index (κ3) is 4.67. The second-order valence-corrected chi connectivity index (χ2v) is 4.79. The summed E-state index contributed by atoms with van der Waals surface area (Å²) in [6, 6.07) is 14.0. The summed E-state index contributed by atoms with van der Waals surface area (Å²) >= 11 is 0. The maximum Gasteiger partial charge on any atom is 0.119 e. The van der Waals surface area contributed by atoms with Gasteiger partial charge in [0.05, 0.1) is 12.3 Å². The van der Waals surface area contributed by atoms with Gasteiger partial charge < -0.3 is 10.5 Å². The van der Waals surface area contributed by atoms with E-state index in [2.05, 4.69) is 11.1 Å². The molecule has 0 saturated carbocycles. The van der Waals surface area contributed by atoms with Crippen molar-refractivity contribution in [3.63, 3.8) is 0 Å². The first-order chi connectivity index (χ1) is 9.90. The molecule has 0 atom stereocenters. The fourth-order valence-corrected chi connectivity index (χ4v) is 2.07. The van der Waals surface area contributed by atoms with Crippen LogP contribution in [0.2, 0.25) is 0 Å². The van der Waals surface area contributed by atoms with Crippen LogP contribution in [-0.2, 0) is 0 Å². The van der Waals surface area contributed by atoms with E-state index in [0.29, 0.717) is 0 Å². The van der Waals surface area contributed by atoms with Gasteiger partial charge in [-0.3, -0.25) is 4.98 Å². The standard InChI is InChI=1S/C17H22N2O/c18-11-4-1-2-6-13-20-16-9-7-8-15(14-16)17-10-3-5-12-19-17/h3,5,7-10,12,14H,1-2,4,6,11,13,18H2. The maximum atomic E-state index is 5.79. The molecule has 1 aromatic carbocycles. The Morgan fingerprint density at radius 1 is 0.950 bits per heavy atom. The Morgan fingerprint density at radius 2 is 1.85 bits per heavy atom. The Kier molecular flexibility index (Phi) is 6.06. The largest absolute Gasteiger partial charge is 0.494 e. The number of hydrogen-bond donors (Lipinski definition) is 1. The molecule has 0 spiro atoms. The lowest BCUT2D eigenvalue weighted by molar-refractivity contribution is 0.305. The van der Waals surface area contributed by atoms with E-state index in [-0.39, 0.29) is 0 Å². The summed E-state index contributed by atoms with van der Waals surface area (Å²) in [5.74, 6) is 0.909. The van der Waals surface area contributed by atoms with E-state index in [1.807, 2.05) is 36.4 Å². The van der Waals surface area contributed by atoms with Crippen molar-refractivity contribution in [2.45, 2.75) is 25.7 Å². The monoisotopic (exact) mass is 270 g/mol. The summed E-state index contributed by atoms with van der Waals surface area (Å²) in [7, 11) is 0. The summed E-state index contributed by atoms with van der Waals surface area (Å²) < 4.78 is 5.79. The van der Waals surface area contributed by atoms with Gasteiger partial charge in [0.2, 0.25) is 0 Å². The average Bonchev–Trinajstić information content (AvgIpc) is 2.52. The predicted octanol–water partition coefficient (Wildman–Crippen LogP) is 3.65. The normalized spacial score (nSPS) is 10.4. The smallest absolute Gasteiger partial charge is 0.119 e. The molecule has 2 N–H and O–H groups in total. The fraction of sp³-hybridized carbons (Fsp3) is 0.353. The van der Waals surface area contributed by atoms with Crippen LogP contribution in [0.3, 0.4) is 0 Å². The maximum absolute atomic E-state index is 5.79. The minimum absolute atomic E-state index is 0.760. The van der Waals surface area contributed by atoms with Crippen molar-refractivity contribution < 1.29 is 4.74 Å². The zero-order valence-corrected chi connectivity index (χ0v) is 11.8. The minimum atomic E-state index is 0.760. The number of hydrogen-bond acceptors (Lipinski definition) is 3. The van der Waals surface area contributed by atoms with Crippen LogP contribution >= 0.6 is 0 Å². The molecule has 3 nitrogen and oxygen atoms in total. The van der Waals surface area contributed by atoms with Gasteiger partial charge in [0.25, 0.3) is 0 Å². The van der Waals surface area contributed by atoms with E-state index < -0.39 is 0 Å². The molecule has 0 aliphatic carbocycles. The number of unbranched alkanes of at least 4 members (excludes halogenated alkanes) is 3. The van der Waals surface area contributed by atoms with Crippen LogP contribution in [0, 0.1) is 0 Å². The zero-order chi connectivity index (χ0) is 14.0. The van der Waals surface area contributed by atoms with Crippen molar-refractivity contribution in [2.24, 2.45) is 5.73 Å². The molecule has 0 fully saturated rings. The highest BCUT2D eigenvalue weighted by atomic mass is 16.5. The lowest BCUT2D eigenvalue weighted by atomic mass is 10.1. The van der Waals surface area contributed by atoms with Crippen molar-refractivity contribution in [1.82, 2.24) is 4.98 Å². The first-order valence-corrected chi connectivity index (χ1v) is 7.24. The Hall–Kier alpha value is -1.87. The van der Waals surface area contributed by atoms with E-state index in [9.17, 15) is 0 Å². The highest BCUT2D eigenvalue weighted by Crippen LogP contribution is 2.22. The SMILES string of the molecule is NCCCCCCOc1cccc(-c2ccccn2)c1. The van der Waals surface area contributed by atoms with Gasteiger partial charge in [-0.2, -0.15) is 0 Å². The Balaban J connectivity index is 1.84. The van der Waals surface area contributed by atoms with Crippen molar-refractivity contribution in [3.05, 3.63) is 48.7 Å². The van der Waals surface area contributed by atoms with E-state index in [1.54, 1.807) is 6.20 Å². The van der Waals surface area contributed by atoms with Crippen LogP contribution in [0.4, 0.5) is 0 Å². The average molecular weight is 270 g/mol. The van der Waals surface area contributed by atoms with Crippen LogP contribution in [-0.4, -0.2) is 18.1 Å². The fourth-order valence-electron chi connectivity index (χ4n) is 2.07. The van der Waals surface area contributed by atoms with Crippen molar-refractivity contribution in [1.29, 1.82) is 0 Å². The summed E-state index contributed by atoms with van der Waals surface area (Å²) in [4.78, 5) is 4.35. The molecule has 1 heterocycles. The van der Waals surface area contributed by atoms with Crippen LogP contribution in [0.1, 0.15) is 25.7 Å². The van der Waals surface area contributed by atoms with Crippen LogP contribution in [0.25, 0.3) is 11.3 Å². The number of ether oxygens (including phenoxy) is 1. The highest BCUT2D eigenvalue weighted by molar-refractivity contribution is 5.60. The van der Waals surface area contributed by atoms with E-state index in [4.69, 9.17) is 10.5 Å². The van der Waals surface area contributed by atoms with Gasteiger partial charge in [-0.15, -0.1) is 0 Å². The van der Waals surface area contributed by atoms with Crippen LogP contribution < -0.4 is 10.5 Å². The number of nitrogens with two attached hydrogens (primary N) is 1. The van der Waals surface area contributed by atoms with Crippen molar-refractivity contribution in [2.75, 3.05) is 13.2 Å². The van der Waals surface area contributed by atoms with Gasteiger partial charge in [0.15, 0.2) is 0 Å². The lowest BCUT2D eigenvalue weighted by Gasteiger charge is -2.08. The second kappa shape index (κ2) is 8.33. The third-order valence-corrected chi connectivity index (χ3v) is 3.16. The van der Waals surface area contributed by atoms with E-state index >= 15 is 0 Å². The van der Waals surface area contributed by atoms with Gasteiger partial charge in [-0.05, 0) is 43.7 Å². The van der Waals surface area contributed by atoms with Crippen LogP contribution in [0.15, 0.2) is 48.7 Å². The molecule has 0 aliphatic heterocycles. The summed E-state index contributed by atoms with van der Waals surface area (Å²) in [6.45, 7) is 1.54. The number of pyridine rings is 1. The molecule has 2 rings (SSSR count). The third-order valence-electron chi connectivity index (χ3n) is 3.16. The molecule has 1 aromatic heterocycles. The molecule has 0 bridgehead atoms. The minimum Gasteiger partial charge on any atom is -0.494 e. The Labute approximate surface area is 120 Å². The molecule has 106 valence electrons. The Morgan fingerprint density at radius 3 is 2.65 bits per heavy atom. The zero-order valence-electron chi connectivity index (χ0n) is 11.8. The highest BCUT2D eigenvalue weighted by Gasteiger charge is 2.00. The summed E-state index contributed by atoms with van der Waals surface area (Å²) in [5, 5.41) is 0. The number of nitrogens with zero attached hydrogens (tertiary/aromatic N) is 1. The van der Waals surface area contributed by atoms with Crippen molar-refractivity contribution in [3.8, 4) is 17.0 Å². The molecule has 0 saturated heterocycles. The van der Waals surface area contributed by atoms with Gasteiger partial charge >= 0.3 is 0 Å². The van der Waals surface area contributed by atoms with Crippen LogP contribution in [0.5, 0.6) is 5.75 Å². The lowest BCUT2D eigenvalue weighted by Crippen LogP contribution is -2.00. The molecular weight excluding hydrogens is 248 g/mol. The number of benzene rings is 1. The Bertz CT molecular complexity index is 499. The van der Waals surface area contributed by atoms with E-state index in [0.717, 1.165) is 43.0 Å². The molecule has 20 heavy (non-hydrogen) atoms. The quantitative estimate of drug-likeness (QED) is 0.745. The molecule has 0 amide bonds. The number of rotatable bonds is 8. The van der Waals surface area contributed by atoms with Gasteiger partial charge in [-0.25, -0.2) is 0 Å². The second-order valence-electron chi connectivity index (χ2n) is 4.79. The topological polar surface area (TPSA) is 48.1 Å². The predicted molar refractivity (Wildman–Crippen MR) is 82.7 cm³/mol. The summed E-state index contributed by atoms with van der Waals surface area (Å²) in [5.41, 5.74) is 7.53. The first-order valence-electron chi connectivity index (χ1n) is 7.24. The van der Waals surface area contributed by atoms with E-state index in [1.165, 1.54) is 12.8 Å². The molecule has 3 heteroatoms. The molecule has 0 radical (unpaired) electrons. The summed E-state index contributed by atoms with van der Waals surface area (Å²) in [6.07, 6.45) is 6.36. The number of aromatic nitrogens is 1. The van der Waals surface area contributed by atoms with Gasteiger partial charge in [-0.1, -0.05) is 31.0 Å². The molecular formula is C17H22N2O. The van der Waals surface area contributed by atoms with Gasteiger partial charge in [0.1, 0.15) is 5.75 Å². The molecule has 0 aliphatic rings. The first kappa shape index (κ1) is 14.5. The van der Waals surface area contributed by atoms with Gasteiger partial charge in [0, 0.05) is 11.8 Å². The molecule has 0 unspecified atom stereocenters. The molecule has 2 aromatic rings. The van der Waals surface area contributed by atoms with Crippen molar-refractivity contribution >= 4 is 0 Å².